The van der Waals surface area contributed by atoms with E-state index in [4.69, 9.17) is 9.47 Å². The molecule has 1 aromatic heterocycles. The molecule has 1 aliphatic rings. The fourth-order valence-electron chi connectivity index (χ4n) is 2.98. The first-order valence-corrected chi connectivity index (χ1v) is 10.1. The minimum absolute atomic E-state index is 0.307. The fraction of sp³-hybridized carbons (Fsp3) is 0.550. The van der Waals surface area contributed by atoms with Crippen molar-refractivity contribution in [1.82, 2.24) is 25.4 Å². The van der Waals surface area contributed by atoms with Crippen LogP contribution in [0.1, 0.15) is 38.1 Å². The first-order valence-electron chi connectivity index (χ1n) is 10.1. The van der Waals surface area contributed by atoms with Crippen LogP contribution in [0.15, 0.2) is 29.5 Å². The maximum Gasteiger partial charge on any atom is 0.231 e. The molecule has 2 heterocycles. The molecule has 0 fully saturated rings. The van der Waals surface area contributed by atoms with Crippen LogP contribution >= 0.6 is 0 Å². The summed E-state index contributed by atoms with van der Waals surface area (Å²) in [6.45, 7) is 7.77. The molecular formula is C20H30N6O2. The predicted octanol–water partition coefficient (Wildman–Crippen LogP) is 2.15. The van der Waals surface area contributed by atoms with Gasteiger partial charge in [0.25, 0.3) is 0 Å². The number of guanidine groups is 1. The van der Waals surface area contributed by atoms with Crippen LogP contribution in [0.25, 0.3) is 0 Å². The van der Waals surface area contributed by atoms with Crippen LogP contribution in [0.2, 0.25) is 0 Å². The highest BCUT2D eigenvalue weighted by atomic mass is 16.7. The van der Waals surface area contributed by atoms with Gasteiger partial charge in [-0.3, -0.25) is 4.99 Å². The Labute approximate surface area is 166 Å². The second-order valence-electron chi connectivity index (χ2n) is 6.67. The lowest BCUT2D eigenvalue weighted by Gasteiger charge is -2.13. The molecule has 0 unspecified atom stereocenters. The quantitative estimate of drug-likeness (QED) is 0.370. The van der Waals surface area contributed by atoms with Crippen molar-refractivity contribution in [1.29, 1.82) is 0 Å². The molecule has 8 heteroatoms. The van der Waals surface area contributed by atoms with E-state index in [1.165, 1.54) is 5.56 Å². The standard InChI is InChI=1S/C20H30N6O2/c1-3-5-9-21-20(23-11-12-26-14-24-25-19(26)4-2)22-10-8-16-6-7-17-18(13-16)28-15-27-17/h6-7,13-14H,3-5,8-12,15H2,1-2H3,(H2,21,22,23). The summed E-state index contributed by atoms with van der Waals surface area (Å²) in [5, 5.41) is 14.9. The molecule has 0 spiro atoms. The molecule has 0 saturated carbocycles. The number of ether oxygens (including phenoxy) is 2. The van der Waals surface area contributed by atoms with Gasteiger partial charge in [-0.1, -0.05) is 26.3 Å². The molecule has 3 rings (SSSR count). The zero-order valence-corrected chi connectivity index (χ0v) is 16.8. The highest BCUT2D eigenvalue weighted by molar-refractivity contribution is 5.79. The number of hydrogen-bond donors (Lipinski definition) is 2. The van der Waals surface area contributed by atoms with E-state index in [0.717, 1.165) is 75.1 Å². The van der Waals surface area contributed by atoms with E-state index in [1.807, 2.05) is 12.1 Å². The van der Waals surface area contributed by atoms with Gasteiger partial charge < -0.3 is 24.7 Å². The average molecular weight is 387 g/mol. The molecule has 0 radical (unpaired) electrons. The van der Waals surface area contributed by atoms with E-state index in [-0.39, 0.29) is 0 Å². The summed E-state index contributed by atoms with van der Waals surface area (Å²) in [5.74, 6) is 3.50. The number of aryl methyl sites for hydroxylation is 1. The van der Waals surface area contributed by atoms with Crippen LogP contribution in [0.5, 0.6) is 11.5 Å². The number of fused-ring (bicyclic) bond motifs is 1. The van der Waals surface area contributed by atoms with E-state index in [1.54, 1.807) is 6.33 Å². The van der Waals surface area contributed by atoms with Gasteiger partial charge in [0.05, 0.1) is 0 Å². The van der Waals surface area contributed by atoms with E-state index in [0.29, 0.717) is 6.79 Å². The molecule has 0 atom stereocenters. The Balaban J connectivity index is 1.47. The van der Waals surface area contributed by atoms with E-state index in [9.17, 15) is 0 Å². The largest absolute Gasteiger partial charge is 0.454 e. The van der Waals surface area contributed by atoms with Crippen LogP contribution in [-0.2, 0) is 19.4 Å². The van der Waals surface area contributed by atoms with Crippen molar-refractivity contribution < 1.29 is 9.47 Å². The summed E-state index contributed by atoms with van der Waals surface area (Å²) < 4.78 is 12.9. The summed E-state index contributed by atoms with van der Waals surface area (Å²) in [6, 6.07) is 6.09. The average Bonchev–Trinajstić information content (AvgIpc) is 3.36. The maximum atomic E-state index is 5.45. The zero-order chi connectivity index (χ0) is 19.6. The Morgan fingerprint density at radius 2 is 2.04 bits per heavy atom. The minimum atomic E-state index is 0.307. The van der Waals surface area contributed by atoms with Crippen molar-refractivity contribution in [2.75, 3.05) is 26.4 Å². The van der Waals surface area contributed by atoms with Crippen LogP contribution in [0, 0.1) is 0 Å². The predicted molar refractivity (Wildman–Crippen MR) is 109 cm³/mol. The van der Waals surface area contributed by atoms with E-state index in [2.05, 4.69) is 50.3 Å². The van der Waals surface area contributed by atoms with Crippen LogP contribution in [-0.4, -0.2) is 47.2 Å². The molecular weight excluding hydrogens is 356 g/mol. The monoisotopic (exact) mass is 386 g/mol. The maximum absolute atomic E-state index is 5.45. The Bertz CT molecular complexity index is 774. The lowest BCUT2D eigenvalue weighted by Crippen LogP contribution is -2.40. The van der Waals surface area contributed by atoms with Gasteiger partial charge in [-0.25, -0.2) is 0 Å². The molecule has 0 saturated heterocycles. The van der Waals surface area contributed by atoms with Crippen molar-refractivity contribution in [2.24, 2.45) is 4.99 Å². The number of hydrogen-bond acceptors (Lipinski definition) is 5. The number of unbranched alkanes of at least 4 members (excludes halogenated alkanes) is 1. The molecule has 2 N–H and O–H groups in total. The molecule has 8 nitrogen and oxygen atoms in total. The summed E-state index contributed by atoms with van der Waals surface area (Å²) in [4.78, 5) is 4.67. The van der Waals surface area contributed by atoms with E-state index >= 15 is 0 Å². The number of rotatable bonds is 10. The number of aromatic nitrogens is 3. The fourth-order valence-corrected chi connectivity index (χ4v) is 2.98. The Morgan fingerprint density at radius 3 is 2.89 bits per heavy atom. The number of nitrogens with one attached hydrogen (secondary N) is 2. The molecule has 0 bridgehead atoms. The van der Waals surface area contributed by atoms with Crippen LogP contribution < -0.4 is 20.1 Å². The summed E-state index contributed by atoms with van der Waals surface area (Å²) in [6.07, 6.45) is 5.76. The van der Waals surface area contributed by atoms with Crippen molar-refractivity contribution >= 4 is 5.96 Å². The molecule has 28 heavy (non-hydrogen) atoms. The molecule has 1 aromatic carbocycles. The molecule has 1 aliphatic heterocycles. The summed E-state index contributed by atoms with van der Waals surface area (Å²) in [5.41, 5.74) is 1.21. The first-order chi connectivity index (χ1) is 13.8. The smallest absolute Gasteiger partial charge is 0.231 e. The first kappa shape index (κ1) is 20.0. The van der Waals surface area contributed by atoms with Gasteiger partial charge in [0.2, 0.25) is 6.79 Å². The van der Waals surface area contributed by atoms with Crippen molar-refractivity contribution in [2.45, 2.75) is 46.1 Å². The van der Waals surface area contributed by atoms with Gasteiger partial charge in [-0.15, -0.1) is 10.2 Å². The Kier molecular flexibility index (Phi) is 7.52. The number of nitrogens with zero attached hydrogens (tertiary/aromatic N) is 4. The third-order valence-electron chi connectivity index (χ3n) is 4.58. The van der Waals surface area contributed by atoms with E-state index < -0.39 is 0 Å². The molecule has 0 aliphatic carbocycles. The SMILES string of the molecule is CCCCN=C(NCCc1ccc2c(c1)OCO2)NCCn1cnnc1CC. The van der Waals surface area contributed by atoms with Crippen molar-refractivity contribution in [3.8, 4) is 11.5 Å². The molecule has 0 amide bonds. The van der Waals surface area contributed by atoms with Crippen molar-refractivity contribution in [3.05, 3.63) is 35.9 Å². The number of aliphatic imine (C=N–C) groups is 1. The lowest BCUT2D eigenvalue weighted by molar-refractivity contribution is 0.174. The third kappa shape index (κ3) is 5.61. The van der Waals surface area contributed by atoms with Gasteiger partial charge in [0, 0.05) is 32.6 Å². The normalized spacial score (nSPS) is 13.0. The zero-order valence-electron chi connectivity index (χ0n) is 16.8. The molecule has 152 valence electrons. The van der Waals surface area contributed by atoms with Crippen LogP contribution in [0.4, 0.5) is 0 Å². The van der Waals surface area contributed by atoms with Gasteiger partial charge >= 0.3 is 0 Å². The van der Waals surface area contributed by atoms with Gasteiger partial charge in [-0.05, 0) is 30.5 Å². The minimum Gasteiger partial charge on any atom is -0.454 e. The second kappa shape index (κ2) is 10.5. The summed E-state index contributed by atoms with van der Waals surface area (Å²) in [7, 11) is 0. The van der Waals surface area contributed by atoms with Gasteiger partial charge in [-0.2, -0.15) is 0 Å². The van der Waals surface area contributed by atoms with Crippen LogP contribution in [0.3, 0.4) is 0 Å². The Hall–Kier alpha value is -2.77. The third-order valence-corrected chi connectivity index (χ3v) is 4.58. The van der Waals surface area contributed by atoms with Gasteiger partial charge in [0.15, 0.2) is 17.5 Å². The second-order valence-corrected chi connectivity index (χ2v) is 6.67. The van der Waals surface area contributed by atoms with Crippen molar-refractivity contribution in [3.63, 3.8) is 0 Å². The highest BCUT2D eigenvalue weighted by Gasteiger charge is 2.13. The topological polar surface area (TPSA) is 85.6 Å². The van der Waals surface area contributed by atoms with Gasteiger partial charge in [0.1, 0.15) is 12.2 Å². The summed E-state index contributed by atoms with van der Waals surface area (Å²) >= 11 is 0. The Morgan fingerprint density at radius 1 is 1.18 bits per heavy atom. The molecule has 2 aromatic rings. The number of benzene rings is 1. The highest BCUT2D eigenvalue weighted by Crippen LogP contribution is 2.32. The lowest BCUT2D eigenvalue weighted by atomic mass is 10.1.